The molecular formula is C14H22N2. The van der Waals surface area contributed by atoms with Gasteiger partial charge < -0.3 is 5.32 Å². The van der Waals surface area contributed by atoms with Crippen molar-refractivity contribution in [3.8, 4) is 0 Å². The third kappa shape index (κ3) is 3.06. The number of hydrogen-bond acceptors (Lipinski definition) is 2. The minimum Gasteiger partial charge on any atom is -0.315 e. The zero-order valence-corrected chi connectivity index (χ0v) is 10.2. The molecule has 0 amide bonds. The van der Waals surface area contributed by atoms with Crippen molar-refractivity contribution in [2.45, 2.75) is 32.4 Å². The Morgan fingerprint density at radius 1 is 1.31 bits per heavy atom. The number of hydrogen-bond donors (Lipinski definition) is 1. The molecule has 1 aliphatic heterocycles. The summed E-state index contributed by atoms with van der Waals surface area (Å²) in [5, 5.41) is 3.46. The molecule has 0 bridgehead atoms. The molecule has 1 saturated heterocycles. The van der Waals surface area contributed by atoms with E-state index >= 15 is 0 Å². The van der Waals surface area contributed by atoms with E-state index in [2.05, 4.69) is 47.5 Å². The van der Waals surface area contributed by atoms with Crippen LogP contribution in [0.5, 0.6) is 0 Å². The van der Waals surface area contributed by atoms with Crippen LogP contribution in [0.2, 0.25) is 0 Å². The van der Waals surface area contributed by atoms with Crippen LogP contribution in [-0.4, -0.2) is 30.6 Å². The van der Waals surface area contributed by atoms with E-state index in [4.69, 9.17) is 0 Å². The van der Waals surface area contributed by atoms with Crippen molar-refractivity contribution in [3.05, 3.63) is 35.9 Å². The summed E-state index contributed by atoms with van der Waals surface area (Å²) in [6.07, 6.45) is 2.54. The highest BCUT2D eigenvalue weighted by molar-refractivity contribution is 5.14. The fourth-order valence-corrected chi connectivity index (χ4v) is 2.45. The number of nitrogens with zero attached hydrogens (tertiary/aromatic N) is 1. The highest BCUT2D eigenvalue weighted by Gasteiger charge is 2.21. The molecule has 2 heteroatoms. The van der Waals surface area contributed by atoms with Gasteiger partial charge in [0.25, 0.3) is 0 Å². The van der Waals surface area contributed by atoms with E-state index in [1.165, 1.54) is 31.5 Å². The molecule has 1 atom stereocenters. The highest BCUT2D eigenvalue weighted by atomic mass is 15.2. The first-order chi connectivity index (χ1) is 7.90. The molecule has 1 heterocycles. The first-order valence-electron chi connectivity index (χ1n) is 6.39. The zero-order chi connectivity index (χ0) is 11.2. The van der Waals surface area contributed by atoms with Crippen molar-refractivity contribution in [1.82, 2.24) is 10.2 Å². The van der Waals surface area contributed by atoms with Crippen molar-refractivity contribution in [2.24, 2.45) is 0 Å². The van der Waals surface area contributed by atoms with E-state index < -0.39 is 0 Å². The van der Waals surface area contributed by atoms with Gasteiger partial charge in [0, 0.05) is 19.1 Å². The normalized spacial score (nSPS) is 20.5. The molecule has 2 nitrogen and oxygen atoms in total. The molecule has 1 aromatic rings. The molecule has 0 aliphatic carbocycles. The van der Waals surface area contributed by atoms with Crippen molar-refractivity contribution < 1.29 is 0 Å². The topological polar surface area (TPSA) is 15.3 Å². The first kappa shape index (κ1) is 11.6. The van der Waals surface area contributed by atoms with Gasteiger partial charge in [-0.15, -0.1) is 0 Å². The molecule has 1 aliphatic rings. The van der Waals surface area contributed by atoms with Crippen LogP contribution in [0.4, 0.5) is 0 Å². The van der Waals surface area contributed by atoms with E-state index in [0.29, 0.717) is 0 Å². The first-order valence-corrected chi connectivity index (χ1v) is 6.39. The largest absolute Gasteiger partial charge is 0.315 e. The van der Waals surface area contributed by atoms with E-state index in [1.807, 2.05) is 0 Å². The van der Waals surface area contributed by atoms with Gasteiger partial charge in [0.05, 0.1) is 0 Å². The third-order valence-electron chi connectivity index (χ3n) is 3.29. The van der Waals surface area contributed by atoms with Crippen LogP contribution < -0.4 is 5.32 Å². The third-order valence-corrected chi connectivity index (χ3v) is 3.29. The fraction of sp³-hybridized carbons (Fsp3) is 0.571. The molecule has 0 saturated carbocycles. The van der Waals surface area contributed by atoms with E-state index in [0.717, 1.165) is 19.1 Å². The van der Waals surface area contributed by atoms with E-state index in [9.17, 15) is 0 Å². The average molecular weight is 218 g/mol. The Bertz CT molecular complexity index is 291. The number of benzene rings is 1. The Morgan fingerprint density at radius 3 is 2.75 bits per heavy atom. The van der Waals surface area contributed by atoms with Crippen molar-refractivity contribution in [2.75, 3.05) is 19.6 Å². The van der Waals surface area contributed by atoms with Crippen LogP contribution in [0.15, 0.2) is 30.3 Å². The smallest absolute Gasteiger partial charge is 0.0237 e. The summed E-state index contributed by atoms with van der Waals surface area (Å²) in [5.41, 5.74) is 1.43. The maximum absolute atomic E-state index is 3.46. The molecular weight excluding hydrogens is 196 g/mol. The molecule has 0 spiro atoms. The molecule has 0 radical (unpaired) electrons. The summed E-state index contributed by atoms with van der Waals surface area (Å²) in [5.74, 6) is 0. The summed E-state index contributed by atoms with van der Waals surface area (Å²) in [4.78, 5) is 2.62. The minimum atomic E-state index is 0.736. The van der Waals surface area contributed by atoms with Gasteiger partial charge in [-0.05, 0) is 31.5 Å². The Balaban J connectivity index is 1.96. The lowest BCUT2D eigenvalue weighted by molar-refractivity contribution is 0.199. The van der Waals surface area contributed by atoms with Gasteiger partial charge in [-0.3, -0.25) is 4.90 Å². The van der Waals surface area contributed by atoms with Crippen molar-refractivity contribution in [3.63, 3.8) is 0 Å². The van der Waals surface area contributed by atoms with Gasteiger partial charge in [-0.2, -0.15) is 0 Å². The van der Waals surface area contributed by atoms with Crippen molar-refractivity contribution >= 4 is 0 Å². The average Bonchev–Trinajstić information content (AvgIpc) is 2.83. The summed E-state index contributed by atoms with van der Waals surface area (Å²) >= 11 is 0. The fourth-order valence-electron chi connectivity index (χ4n) is 2.45. The quantitative estimate of drug-likeness (QED) is 0.815. The van der Waals surface area contributed by atoms with E-state index in [1.54, 1.807) is 0 Å². The standard InChI is InChI=1S/C14H22N2/c1-2-10-16(14-8-9-15-11-14)12-13-6-4-3-5-7-13/h3-7,14-15H,2,8-12H2,1H3. The van der Waals surface area contributed by atoms with Gasteiger partial charge >= 0.3 is 0 Å². The second-order valence-corrected chi connectivity index (χ2v) is 4.60. The number of rotatable bonds is 5. The monoisotopic (exact) mass is 218 g/mol. The second kappa shape index (κ2) is 6.02. The predicted octanol–water partition coefficient (Wildman–Crippen LogP) is 2.26. The molecule has 1 fully saturated rings. The van der Waals surface area contributed by atoms with Gasteiger partial charge in [0.2, 0.25) is 0 Å². The zero-order valence-electron chi connectivity index (χ0n) is 10.2. The lowest BCUT2D eigenvalue weighted by Gasteiger charge is -2.28. The summed E-state index contributed by atoms with van der Waals surface area (Å²) in [6.45, 7) is 6.91. The molecule has 1 unspecified atom stereocenters. The molecule has 88 valence electrons. The van der Waals surface area contributed by atoms with Crippen molar-refractivity contribution in [1.29, 1.82) is 0 Å². The van der Waals surface area contributed by atoms with Gasteiger partial charge in [-0.1, -0.05) is 37.3 Å². The molecule has 1 aromatic carbocycles. The Kier molecular flexibility index (Phi) is 4.37. The van der Waals surface area contributed by atoms with Crippen LogP contribution >= 0.6 is 0 Å². The van der Waals surface area contributed by atoms with Crippen LogP contribution in [0.3, 0.4) is 0 Å². The van der Waals surface area contributed by atoms with Crippen LogP contribution in [0, 0.1) is 0 Å². The molecule has 2 rings (SSSR count). The summed E-state index contributed by atoms with van der Waals surface area (Å²) in [7, 11) is 0. The predicted molar refractivity (Wildman–Crippen MR) is 68.4 cm³/mol. The highest BCUT2D eigenvalue weighted by Crippen LogP contribution is 2.13. The molecule has 0 aromatic heterocycles. The maximum Gasteiger partial charge on any atom is 0.0237 e. The SMILES string of the molecule is CCCN(Cc1ccccc1)C1CCNC1. The summed E-state index contributed by atoms with van der Waals surface area (Å²) in [6, 6.07) is 11.5. The second-order valence-electron chi connectivity index (χ2n) is 4.60. The van der Waals surface area contributed by atoms with Gasteiger partial charge in [0.15, 0.2) is 0 Å². The molecule has 1 N–H and O–H groups in total. The molecule has 16 heavy (non-hydrogen) atoms. The number of nitrogens with one attached hydrogen (secondary N) is 1. The maximum atomic E-state index is 3.46. The van der Waals surface area contributed by atoms with E-state index in [-0.39, 0.29) is 0 Å². The van der Waals surface area contributed by atoms with Crippen LogP contribution in [-0.2, 0) is 6.54 Å². The Labute approximate surface area is 98.7 Å². The lowest BCUT2D eigenvalue weighted by atomic mass is 10.1. The lowest BCUT2D eigenvalue weighted by Crippen LogP contribution is -2.36. The Hall–Kier alpha value is -0.860. The van der Waals surface area contributed by atoms with Gasteiger partial charge in [-0.25, -0.2) is 0 Å². The summed E-state index contributed by atoms with van der Waals surface area (Å²) < 4.78 is 0. The van der Waals surface area contributed by atoms with Gasteiger partial charge in [0.1, 0.15) is 0 Å². The minimum absolute atomic E-state index is 0.736. The van der Waals surface area contributed by atoms with Crippen LogP contribution in [0.1, 0.15) is 25.3 Å². The van der Waals surface area contributed by atoms with Crippen LogP contribution in [0.25, 0.3) is 0 Å². The Morgan fingerprint density at radius 2 is 2.12 bits per heavy atom.